The molecule has 1 heterocycles. The molecule has 104 valence electrons. The van der Waals surface area contributed by atoms with Crippen molar-refractivity contribution in [1.29, 1.82) is 0 Å². The average Bonchev–Trinajstić information content (AvgIpc) is 2.80. The predicted octanol–water partition coefficient (Wildman–Crippen LogP) is 3.89. The fourth-order valence-electron chi connectivity index (χ4n) is 2.42. The highest BCUT2D eigenvalue weighted by molar-refractivity contribution is 7.07. The van der Waals surface area contributed by atoms with Crippen LogP contribution in [-0.4, -0.2) is 23.5 Å². The van der Waals surface area contributed by atoms with Crippen LogP contribution in [0.25, 0.3) is 0 Å². The Morgan fingerprint density at radius 1 is 1.28 bits per heavy atom. The molecule has 0 amide bonds. The van der Waals surface area contributed by atoms with Gasteiger partial charge in [-0.05, 0) is 48.6 Å². The first-order chi connectivity index (χ1) is 8.47. The Hall–Kier alpha value is -0.380. The maximum atomic E-state index is 6.39. The summed E-state index contributed by atoms with van der Waals surface area (Å²) in [6.07, 6.45) is 1.02. The van der Waals surface area contributed by atoms with Gasteiger partial charge in [0.1, 0.15) is 0 Å². The number of hydrogen-bond acceptors (Lipinski definition) is 3. The van der Waals surface area contributed by atoms with Crippen molar-refractivity contribution in [3.63, 3.8) is 0 Å². The van der Waals surface area contributed by atoms with E-state index in [1.54, 1.807) is 11.3 Å². The molecule has 2 unspecified atom stereocenters. The SMILES string of the molecule is CCC(N)C(c1ccsc1)N(CC(C)C)C(C)C. The Labute approximate surface area is 116 Å². The largest absolute Gasteiger partial charge is 0.326 e. The van der Waals surface area contributed by atoms with Gasteiger partial charge in [0.05, 0.1) is 6.04 Å². The van der Waals surface area contributed by atoms with Crippen LogP contribution in [-0.2, 0) is 0 Å². The Balaban J connectivity index is 2.98. The zero-order chi connectivity index (χ0) is 13.7. The third kappa shape index (κ3) is 4.08. The molecule has 0 saturated carbocycles. The van der Waals surface area contributed by atoms with Gasteiger partial charge in [-0.15, -0.1) is 0 Å². The van der Waals surface area contributed by atoms with E-state index in [0.717, 1.165) is 13.0 Å². The molecule has 1 aromatic rings. The van der Waals surface area contributed by atoms with E-state index in [-0.39, 0.29) is 6.04 Å². The van der Waals surface area contributed by atoms with Gasteiger partial charge in [0, 0.05) is 18.6 Å². The van der Waals surface area contributed by atoms with Crippen molar-refractivity contribution in [3.05, 3.63) is 22.4 Å². The fourth-order valence-corrected chi connectivity index (χ4v) is 3.11. The minimum atomic E-state index is 0.209. The Morgan fingerprint density at radius 2 is 1.94 bits per heavy atom. The van der Waals surface area contributed by atoms with Crippen LogP contribution >= 0.6 is 11.3 Å². The van der Waals surface area contributed by atoms with Gasteiger partial charge in [0.2, 0.25) is 0 Å². The number of hydrogen-bond donors (Lipinski definition) is 1. The number of rotatable bonds is 7. The van der Waals surface area contributed by atoms with E-state index in [4.69, 9.17) is 5.73 Å². The molecule has 0 aliphatic carbocycles. The molecule has 0 bridgehead atoms. The summed E-state index contributed by atoms with van der Waals surface area (Å²) in [6, 6.07) is 3.31. The lowest BCUT2D eigenvalue weighted by Crippen LogP contribution is -2.45. The molecule has 0 aliphatic rings. The normalized spacial score (nSPS) is 15.6. The van der Waals surface area contributed by atoms with E-state index >= 15 is 0 Å². The molecule has 2 N–H and O–H groups in total. The number of nitrogens with two attached hydrogens (primary N) is 1. The molecule has 1 aromatic heterocycles. The first kappa shape index (κ1) is 15.7. The Kier molecular flexibility index (Phi) is 6.33. The molecular formula is C15H28N2S. The highest BCUT2D eigenvalue weighted by Gasteiger charge is 2.28. The van der Waals surface area contributed by atoms with Crippen LogP contribution in [0.1, 0.15) is 52.6 Å². The maximum Gasteiger partial charge on any atom is 0.0510 e. The topological polar surface area (TPSA) is 29.3 Å². The predicted molar refractivity (Wildman–Crippen MR) is 82.0 cm³/mol. The summed E-state index contributed by atoms with van der Waals surface area (Å²) in [5.41, 5.74) is 7.76. The lowest BCUT2D eigenvalue weighted by molar-refractivity contribution is 0.114. The standard InChI is InChI=1S/C15H28N2S/c1-6-14(16)15(13-7-8-18-10-13)17(12(4)5)9-11(2)3/h7-8,10-12,14-15H,6,9,16H2,1-5H3. The quantitative estimate of drug-likeness (QED) is 0.813. The molecule has 18 heavy (non-hydrogen) atoms. The second-order valence-corrected chi connectivity index (χ2v) is 6.54. The highest BCUT2D eigenvalue weighted by Crippen LogP contribution is 2.29. The minimum absolute atomic E-state index is 0.209. The van der Waals surface area contributed by atoms with Gasteiger partial charge < -0.3 is 5.73 Å². The van der Waals surface area contributed by atoms with Crippen LogP contribution in [0.4, 0.5) is 0 Å². The first-order valence-corrected chi connectivity index (χ1v) is 7.95. The summed E-state index contributed by atoms with van der Waals surface area (Å²) < 4.78 is 0. The van der Waals surface area contributed by atoms with Gasteiger partial charge in [0.15, 0.2) is 0 Å². The summed E-state index contributed by atoms with van der Waals surface area (Å²) in [5.74, 6) is 0.664. The van der Waals surface area contributed by atoms with Crippen LogP contribution in [0.15, 0.2) is 16.8 Å². The van der Waals surface area contributed by atoms with Crippen molar-refractivity contribution in [1.82, 2.24) is 4.90 Å². The number of thiophene rings is 1. The molecule has 2 atom stereocenters. The van der Waals surface area contributed by atoms with Crippen molar-refractivity contribution in [2.75, 3.05) is 6.54 Å². The van der Waals surface area contributed by atoms with Crippen LogP contribution in [0, 0.1) is 5.92 Å². The zero-order valence-corrected chi connectivity index (χ0v) is 13.2. The lowest BCUT2D eigenvalue weighted by Gasteiger charge is -2.39. The highest BCUT2D eigenvalue weighted by atomic mass is 32.1. The van der Waals surface area contributed by atoms with Crippen molar-refractivity contribution in [3.8, 4) is 0 Å². The van der Waals surface area contributed by atoms with E-state index in [2.05, 4.69) is 56.3 Å². The molecule has 1 rings (SSSR count). The molecule has 0 aromatic carbocycles. The molecule has 0 saturated heterocycles. The smallest absolute Gasteiger partial charge is 0.0510 e. The monoisotopic (exact) mass is 268 g/mol. The zero-order valence-electron chi connectivity index (χ0n) is 12.4. The van der Waals surface area contributed by atoms with Crippen LogP contribution in [0.5, 0.6) is 0 Å². The Morgan fingerprint density at radius 3 is 2.33 bits per heavy atom. The van der Waals surface area contributed by atoms with E-state index in [0.29, 0.717) is 18.0 Å². The van der Waals surface area contributed by atoms with Crippen molar-refractivity contribution < 1.29 is 0 Å². The van der Waals surface area contributed by atoms with E-state index < -0.39 is 0 Å². The van der Waals surface area contributed by atoms with Gasteiger partial charge in [-0.2, -0.15) is 11.3 Å². The van der Waals surface area contributed by atoms with Gasteiger partial charge in [-0.3, -0.25) is 4.90 Å². The molecule has 2 nitrogen and oxygen atoms in total. The summed E-state index contributed by atoms with van der Waals surface area (Å²) in [5, 5.41) is 4.40. The minimum Gasteiger partial charge on any atom is -0.326 e. The Bertz CT molecular complexity index is 319. The molecule has 3 heteroatoms. The lowest BCUT2D eigenvalue weighted by atomic mass is 9.96. The summed E-state index contributed by atoms with van der Waals surface area (Å²) in [7, 11) is 0. The van der Waals surface area contributed by atoms with Gasteiger partial charge in [-0.1, -0.05) is 20.8 Å². The third-order valence-electron chi connectivity index (χ3n) is 3.36. The van der Waals surface area contributed by atoms with Crippen LogP contribution in [0.2, 0.25) is 0 Å². The maximum absolute atomic E-state index is 6.39. The summed E-state index contributed by atoms with van der Waals surface area (Å²) in [6.45, 7) is 12.4. The molecule has 0 spiro atoms. The third-order valence-corrected chi connectivity index (χ3v) is 4.06. The van der Waals surface area contributed by atoms with Crippen molar-refractivity contribution in [2.45, 2.75) is 59.2 Å². The van der Waals surface area contributed by atoms with E-state index in [1.807, 2.05) is 0 Å². The van der Waals surface area contributed by atoms with Gasteiger partial charge >= 0.3 is 0 Å². The van der Waals surface area contributed by atoms with Gasteiger partial charge in [0.25, 0.3) is 0 Å². The van der Waals surface area contributed by atoms with E-state index in [9.17, 15) is 0 Å². The van der Waals surface area contributed by atoms with Crippen molar-refractivity contribution in [2.24, 2.45) is 11.7 Å². The molecule has 0 aliphatic heterocycles. The first-order valence-electron chi connectivity index (χ1n) is 7.00. The second kappa shape index (κ2) is 7.27. The molecular weight excluding hydrogens is 240 g/mol. The average molecular weight is 268 g/mol. The summed E-state index contributed by atoms with van der Waals surface area (Å²) >= 11 is 1.76. The van der Waals surface area contributed by atoms with Crippen LogP contribution in [0.3, 0.4) is 0 Å². The molecule has 0 fully saturated rings. The number of nitrogens with zero attached hydrogens (tertiary/aromatic N) is 1. The molecule has 0 radical (unpaired) electrons. The van der Waals surface area contributed by atoms with E-state index in [1.165, 1.54) is 5.56 Å². The van der Waals surface area contributed by atoms with Gasteiger partial charge in [-0.25, -0.2) is 0 Å². The summed E-state index contributed by atoms with van der Waals surface area (Å²) in [4.78, 5) is 2.56. The van der Waals surface area contributed by atoms with Crippen molar-refractivity contribution >= 4 is 11.3 Å². The van der Waals surface area contributed by atoms with Crippen LogP contribution < -0.4 is 5.73 Å². The fraction of sp³-hybridized carbons (Fsp3) is 0.733. The second-order valence-electron chi connectivity index (χ2n) is 5.76.